The average Bonchev–Trinajstić information content (AvgIpc) is 2.79. The molecule has 0 fully saturated rings. The third-order valence-corrected chi connectivity index (χ3v) is 4.80. The van der Waals surface area contributed by atoms with Crippen molar-refractivity contribution in [3.05, 3.63) is 102 Å². The summed E-state index contributed by atoms with van der Waals surface area (Å²) < 4.78 is 0. The molecule has 0 saturated carbocycles. The molecule has 0 aliphatic rings. The van der Waals surface area contributed by atoms with Crippen molar-refractivity contribution in [2.45, 2.75) is 13.3 Å². The lowest BCUT2D eigenvalue weighted by Crippen LogP contribution is -2.18. The van der Waals surface area contributed by atoms with Crippen LogP contribution in [0.2, 0.25) is 0 Å². The number of amides is 1. The van der Waals surface area contributed by atoms with Crippen LogP contribution in [0.5, 0.6) is 0 Å². The summed E-state index contributed by atoms with van der Waals surface area (Å²) in [5.74, 6) is -0.262. The van der Waals surface area contributed by atoms with Gasteiger partial charge in [0.25, 0.3) is 5.91 Å². The number of hydrazone groups is 1. The van der Waals surface area contributed by atoms with Gasteiger partial charge in [-0.3, -0.25) is 4.79 Å². The van der Waals surface area contributed by atoms with Gasteiger partial charge in [-0.25, -0.2) is 10.4 Å². The Kier molecular flexibility index (Phi) is 5.43. The molecule has 4 rings (SSSR count). The monoisotopic (exact) mass is 379 g/mol. The molecule has 0 unspecified atom stereocenters. The molecule has 0 radical (unpaired) electrons. The minimum absolute atomic E-state index is 0.262. The Morgan fingerprint density at radius 2 is 1.69 bits per heavy atom. The van der Waals surface area contributed by atoms with Crippen LogP contribution in [0.15, 0.2) is 90.0 Å². The zero-order valence-electron chi connectivity index (χ0n) is 16.2. The van der Waals surface area contributed by atoms with Gasteiger partial charge in [0.15, 0.2) is 0 Å². The van der Waals surface area contributed by atoms with Crippen LogP contribution in [0.25, 0.3) is 22.2 Å². The number of nitrogens with zero attached hydrogens (tertiary/aromatic N) is 2. The molecule has 0 atom stereocenters. The molecule has 0 aliphatic heterocycles. The summed E-state index contributed by atoms with van der Waals surface area (Å²) in [6.07, 6.45) is 2.64. The largest absolute Gasteiger partial charge is 0.272 e. The number of fused-ring (bicyclic) bond motifs is 1. The minimum Gasteiger partial charge on any atom is -0.267 e. The maximum atomic E-state index is 12.9. The van der Waals surface area contributed by atoms with Crippen LogP contribution in [0.4, 0.5) is 0 Å². The number of hydrogen-bond acceptors (Lipinski definition) is 3. The molecule has 142 valence electrons. The van der Waals surface area contributed by atoms with Gasteiger partial charge in [0, 0.05) is 10.9 Å². The van der Waals surface area contributed by atoms with Crippen molar-refractivity contribution >= 4 is 23.0 Å². The number of carbonyl (C=O) groups is 1. The SMILES string of the molecule is CCc1ccc(C=NNC(=O)c2cc(-c3ccccc3)nc3ccccc23)cc1. The molecule has 4 aromatic rings. The first kappa shape index (κ1) is 18.6. The Morgan fingerprint density at radius 1 is 0.966 bits per heavy atom. The first-order chi connectivity index (χ1) is 14.2. The van der Waals surface area contributed by atoms with Gasteiger partial charge in [0.2, 0.25) is 0 Å². The lowest BCUT2D eigenvalue weighted by molar-refractivity contribution is 0.0956. The summed E-state index contributed by atoms with van der Waals surface area (Å²) in [6.45, 7) is 2.12. The van der Waals surface area contributed by atoms with E-state index in [1.54, 1.807) is 6.21 Å². The number of para-hydroxylation sites is 1. The van der Waals surface area contributed by atoms with E-state index in [1.807, 2.05) is 72.8 Å². The third-order valence-electron chi connectivity index (χ3n) is 4.80. The van der Waals surface area contributed by atoms with E-state index in [2.05, 4.69) is 29.6 Å². The number of nitrogens with one attached hydrogen (secondary N) is 1. The van der Waals surface area contributed by atoms with Crippen LogP contribution >= 0.6 is 0 Å². The highest BCUT2D eigenvalue weighted by molar-refractivity contribution is 6.07. The van der Waals surface area contributed by atoms with E-state index in [0.717, 1.165) is 34.1 Å². The second-order valence-electron chi connectivity index (χ2n) is 6.73. The van der Waals surface area contributed by atoms with Crippen molar-refractivity contribution in [1.82, 2.24) is 10.4 Å². The van der Waals surface area contributed by atoms with Crippen molar-refractivity contribution in [2.24, 2.45) is 5.10 Å². The van der Waals surface area contributed by atoms with Gasteiger partial charge in [-0.2, -0.15) is 5.10 Å². The molecular weight excluding hydrogens is 358 g/mol. The molecule has 0 spiro atoms. The van der Waals surface area contributed by atoms with Gasteiger partial charge in [-0.05, 0) is 29.7 Å². The normalized spacial score (nSPS) is 11.1. The topological polar surface area (TPSA) is 54.4 Å². The molecule has 1 N–H and O–H groups in total. The summed E-state index contributed by atoms with van der Waals surface area (Å²) in [4.78, 5) is 17.6. The van der Waals surface area contributed by atoms with Gasteiger partial charge in [-0.1, -0.05) is 79.7 Å². The van der Waals surface area contributed by atoms with Crippen LogP contribution in [0, 0.1) is 0 Å². The molecule has 4 nitrogen and oxygen atoms in total. The summed E-state index contributed by atoms with van der Waals surface area (Å²) in [6, 6.07) is 27.4. The first-order valence-electron chi connectivity index (χ1n) is 9.62. The maximum absolute atomic E-state index is 12.9. The molecule has 4 heteroatoms. The highest BCUT2D eigenvalue weighted by atomic mass is 16.2. The number of rotatable bonds is 5. The molecule has 3 aromatic carbocycles. The third kappa shape index (κ3) is 4.22. The lowest BCUT2D eigenvalue weighted by Gasteiger charge is -2.09. The van der Waals surface area contributed by atoms with E-state index < -0.39 is 0 Å². The van der Waals surface area contributed by atoms with Crippen LogP contribution in [0.3, 0.4) is 0 Å². The van der Waals surface area contributed by atoms with E-state index >= 15 is 0 Å². The molecule has 0 saturated heterocycles. The van der Waals surface area contributed by atoms with Crippen molar-refractivity contribution in [1.29, 1.82) is 0 Å². The number of aryl methyl sites for hydroxylation is 1. The number of carbonyl (C=O) groups excluding carboxylic acids is 1. The second kappa shape index (κ2) is 8.48. The predicted molar refractivity (Wildman–Crippen MR) is 118 cm³/mol. The van der Waals surface area contributed by atoms with Crippen molar-refractivity contribution < 1.29 is 4.79 Å². The van der Waals surface area contributed by atoms with E-state index in [1.165, 1.54) is 5.56 Å². The molecule has 1 amide bonds. The van der Waals surface area contributed by atoms with Crippen molar-refractivity contribution in [3.63, 3.8) is 0 Å². The van der Waals surface area contributed by atoms with Gasteiger partial charge >= 0.3 is 0 Å². The van der Waals surface area contributed by atoms with Crippen LogP contribution in [0.1, 0.15) is 28.4 Å². The minimum atomic E-state index is -0.262. The fourth-order valence-corrected chi connectivity index (χ4v) is 3.19. The fraction of sp³-hybridized carbons (Fsp3) is 0.0800. The van der Waals surface area contributed by atoms with Crippen LogP contribution < -0.4 is 5.43 Å². The highest BCUT2D eigenvalue weighted by Gasteiger charge is 2.13. The van der Waals surface area contributed by atoms with E-state index in [9.17, 15) is 4.79 Å². The molecular formula is C25H21N3O. The highest BCUT2D eigenvalue weighted by Crippen LogP contribution is 2.24. The molecule has 0 aliphatic carbocycles. The fourth-order valence-electron chi connectivity index (χ4n) is 3.19. The Balaban J connectivity index is 1.63. The van der Waals surface area contributed by atoms with Crippen LogP contribution in [-0.4, -0.2) is 17.1 Å². The Labute approximate surface area is 169 Å². The van der Waals surface area contributed by atoms with Gasteiger partial charge in [-0.15, -0.1) is 0 Å². The number of pyridine rings is 1. The second-order valence-corrected chi connectivity index (χ2v) is 6.73. The Hall–Kier alpha value is -3.79. The summed E-state index contributed by atoms with van der Waals surface area (Å²) in [5, 5.41) is 4.94. The zero-order chi connectivity index (χ0) is 20.1. The first-order valence-corrected chi connectivity index (χ1v) is 9.62. The van der Waals surface area contributed by atoms with E-state index in [-0.39, 0.29) is 5.91 Å². The number of hydrogen-bond donors (Lipinski definition) is 1. The molecule has 1 aromatic heterocycles. The Morgan fingerprint density at radius 3 is 2.45 bits per heavy atom. The lowest BCUT2D eigenvalue weighted by atomic mass is 10.0. The van der Waals surface area contributed by atoms with Gasteiger partial charge in [0.1, 0.15) is 0 Å². The molecule has 0 bridgehead atoms. The predicted octanol–water partition coefficient (Wildman–Crippen LogP) is 5.23. The number of aromatic nitrogens is 1. The average molecular weight is 379 g/mol. The van der Waals surface area contributed by atoms with Gasteiger partial charge < -0.3 is 0 Å². The molecule has 1 heterocycles. The maximum Gasteiger partial charge on any atom is 0.272 e. The van der Waals surface area contributed by atoms with Gasteiger partial charge in [0.05, 0.1) is 23.0 Å². The number of benzene rings is 3. The smallest absolute Gasteiger partial charge is 0.267 e. The summed E-state index contributed by atoms with van der Waals surface area (Å²) >= 11 is 0. The summed E-state index contributed by atoms with van der Waals surface area (Å²) in [5.41, 5.74) is 7.90. The van der Waals surface area contributed by atoms with E-state index in [4.69, 9.17) is 4.98 Å². The molecule has 29 heavy (non-hydrogen) atoms. The summed E-state index contributed by atoms with van der Waals surface area (Å²) in [7, 11) is 0. The zero-order valence-corrected chi connectivity index (χ0v) is 16.2. The quantitative estimate of drug-likeness (QED) is 0.381. The van der Waals surface area contributed by atoms with E-state index in [0.29, 0.717) is 5.56 Å². The standard InChI is InChI=1S/C25H21N3O/c1-2-18-12-14-19(15-13-18)17-26-28-25(29)22-16-24(20-8-4-3-5-9-20)27-23-11-7-6-10-21(22)23/h3-17H,2H2,1H3,(H,28,29). The van der Waals surface area contributed by atoms with Crippen molar-refractivity contribution in [2.75, 3.05) is 0 Å². The Bertz CT molecular complexity index is 1170. The van der Waals surface area contributed by atoms with Crippen molar-refractivity contribution in [3.8, 4) is 11.3 Å². The van der Waals surface area contributed by atoms with Crippen LogP contribution in [-0.2, 0) is 6.42 Å².